The summed E-state index contributed by atoms with van der Waals surface area (Å²) in [5, 5.41) is 10.4. The highest BCUT2D eigenvalue weighted by molar-refractivity contribution is 5.87. The van der Waals surface area contributed by atoms with Gasteiger partial charge in [0.05, 0.1) is 22.3 Å². The van der Waals surface area contributed by atoms with Crippen LogP contribution in [-0.2, 0) is 16.1 Å². The van der Waals surface area contributed by atoms with Crippen LogP contribution in [0.25, 0.3) is 22.5 Å². The van der Waals surface area contributed by atoms with E-state index < -0.39 is 5.97 Å². The van der Waals surface area contributed by atoms with Gasteiger partial charge in [-0.25, -0.2) is 9.78 Å². The molecule has 0 saturated carbocycles. The van der Waals surface area contributed by atoms with Gasteiger partial charge in [-0.05, 0) is 30.3 Å². The summed E-state index contributed by atoms with van der Waals surface area (Å²) >= 11 is 0. The molecular formula is C22H15N3O2. The molecule has 4 rings (SSSR count). The summed E-state index contributed by atoms with van der Waals surface area (Å²) in [6, 6.07) is 19.4. The number of nitrogens with zero attached hydrogens (tertiary/aromatic N) is 3. The molecule has 1 aromatic carbocycles. The van der Waals surface area contributed by atoms with Crippen molar-refractivity contribution >= 4 is 28.5 Å². The van der Waals surface area contributed by atoms with E-state index in [9.17, 15) is 10.1 Å². The molecule has 0 unspecified atom stereocenters. The Morgan fingerprint density at radius 3 is 2.89 bits per heavy atom. The third-order valence-electron chi connectivity index (χ3n) is 4.25. The quantitative estimate of drug-likeness (QED) is 0.409. The van der Waals surface area contributed by atoms with Crippen molar-refractivity contribution in [2.45, 2.75) is 6.61 Å². The number of para-hydroxylation sites is 1. The Bertz CT molecular complexity index is 1220. The number of carbonyl (C=O) groups is 1. The molecule has 0 bridgehead atoms. The monoisotopic (exact) mass is 353 g/mol. The Morgan fingerprint density at radius 1 is 1.15 bits per heavy atom. The second-order valence-electron chi connectivity index (χ2n) is 6.00. The SMILES string of the molecule is N#Cc1c(COC(=O)C=Cc2ccc3ccccc3n2)cn2ccccc12. The first-order chi connectivity index (χ1) is 13.2. The summed E-state index contributed by atoms with van der Waals surface area (Å²) in [5.74, 6) is -0.482. The minimum absolute atomic E-state index is 0.0406. The van der Waals surface area contributed by atoms with Crippen LogP contribution >= 0.6 is 0 Å². The van der Waals surface area contributed by atoms with Crippen molar-refractivity contribution in [1.29, 1.82) is 5.26 Å². The van der Waals surface area contributed by atoms with Crippen LogP contribution in [-0.4, -0.2) is 15.4 Å². The highest BCUT2D eigenvalue weighted by Gasteiger charge is 2.11. The van der Waals surface area contributed by atoms with Crippen molar-refractivity contribution in [3.05, 3.63) is 89.9 Å². The van der Waals surface area contributed by atoms with Crippen molar-refractivity contribution in [2.75, 3.05) is 0 Å². The Hall–Kier alpha value is -3.91. The second-order valence-corrected chi connectivity index (χ2v) is 6.00. The Labute approximate surface area is 155 Å². The highest BCUT2D eigenvalue weighted by Crippen LogP contribution is 2.18. The average molecular weight is 353 g/mol. The molecule has 3 heterocycles. The van der Waals surface area contributed by atoms with E-state index in [1.807, 2.05) is 65.2 Å². The fourth-order valence-corrected chi connectivity index (χ4v) is 2.94. The molecule has 5 nitrogen and oxygen atoms in total. The number of carbonyl (C=O) groups excluding carboxylic acids is 1. The summed E-state index contributed by atoms with van der Waals surface area (Å²) in [7, 11) is 0. The highest BCUT2D eigenvalue weighted by atomic mass is 16.5. The zero-order chi connectivity index (χ0) is 18.6. The molecule has 0 aliphatic carbocycles. The van der Waals surface area contributed by atoms with Gasteiger partial charge < -0.3 is 9.14 Å². The van der Waals surface area contributed by atoms with E-state index in [1.165, 1.54) is 6.08 Å². The molecule has 0 aliphatic rings. The van der Waals surface area contributed by atoms with Crippen molar-refractivity contribution in [3.8, 4) is 6.07 Å². The molecule has 3 aromatic heterocycles. The molecule has 5 heteroatoms. The molecule has 27 heavy (non-hydrogen) atoms. The van der Waals surface area contributed by atoms with Crippen molar-refractivity contribution in [2.24, 2.45) is 0 Å². The number of nitriles is 1. The number of fused-ring (bicyclic) bond motifs is 2. The topological polar surface area (TPSA) is 67.4 Å². The lowest BCUT2D eigenvalue weighted by atomic mass is 10.2. The van der Waals surface area contributed by atoms with E-state index >= 15 is 0 Å². The summed E-state index contributed by atoms with van der Waals surface area (Å²) in [4.78, 5) is 16.5. The number of rotatable bonds is 4. The van der Waals surface area contributed by atoms with Crippen LogP contribution in [0.4, 0.5) is 0 Å². The third kappa shape index (κ3) is 3.42. The number of esters is 1. The van der Waals surface area contributed by atoms with E-state index in [0.29, 0.717) is 16.8 Å². The van der Waals surface area contributed by atoms with Gasteiger partial charge in [-0.2, -0.15) is 5.26 Å². The fraction of sp³-hybridized carbons (Fsp3) is 0.0455. The lowest BCUT2D eigenvalue weighted by Gasteiger charge is -2.01. The van der Waals surface area contributed by atoms with Crippen LogP contribution in [0.15, 0.2) is 73.1 Å². The number of benzene rings is 1. The molecular weight excluding hydrogens is 338 g/mol. The predicted molar refractivity (Wildman–Crippen MR) is 103 cm³/mol. The average Bonchev–Trinajstić information content (AvgIpc) is 3.08. The van der Waals surface area contributed by atoms with Crippen LogP contribution in [0.2, 0.25) is 0 Å². The molecule has 0 fully saturated rings. The fourth-order valence-electron chi connectivity index (χ4n) is 2.94. The molecule has 4 aromatic rings. The number of ether oxygens (including phenoxy) is 1. The lowest BCUT2D eigenvalue weighted by molar-refractivity contribution is -0.138. The van der Waals surface area contributed by atoms with Gasteiger partial charge >= 0.3 is 5.97 Å². The van der Waals surface area contributed by atoms with Gasteiger partial charge in [-0.3, -0.25) is 0 Å². The summed E-state index contributed by atoms with van der Waals surface area (Å²) in [5.41, 5.74) is 3.53. The van der Waals surface area contributed by atoms with Gasteiger partial charge in [0.1, 0.15) is 12.7 Å². The van der Waals surface area contributed by atoms with Crippen LogP contribution in [0, 0.1) is 11.3 Å². The van der Waals surface area contributed by atoms with Gasteiger partial charge in [0, 0.05) is 29.4 Å². The summed E-state index contributed by atoms with van der Waals surface area (Å²) < 4.78 is 7.14. The zero-order valence-corrected chi connectivity index (χ0v) is 14.4. The van der Waals surface area contributed by atoms with Crippen molar-refractivity contribution in [3.63, 3.8) is 0 Å². The van der Waals surface area contributed by atoms with Crippen LogP contribution in [0.3, 0.4) is 0 Å². The maximum atomic E-state index is 12.0. The third-order valence-corrected chi connectivity index (χ3v) is 4.25. The van der Waals surface area contributed by atoms with Crippen LogP contribution in [0.1, 0.15) is 16.8 Å². The number of aromatic nitrogens is 2. The van der Waals surface area contributed by atoms with E-state index in [-0.39, 0.29) is 6.61 Å². The standard InChI is InChI=1S/C22H15N3O2/c23-13-19-17(14-25-12-4-3-7-21(19)25)15-27-22(26)11-10-18-9-8-16-5-1-2-6-20(16)24-18/h1-12,14H,15H2. The second kappa shape index (κ2) is 7.14. The van der Waals surface area contributed by atoms with Crippen LogP contribution in [0.5, 0.6) is 0 Å². The van der Waals surface area contributed by atoms with E-state index in [4.69, 9.17) is 4.74 Å². The first-order valence-corrected chi connectivity index (χ1v) is 8.44. The molecule has 130 valence electrons. The Kier molecular flexibility index (Phi) is 4.38. The zero-order valence-electron chi connectivity index (χ0n) is 14.4. The van der Waals surface area contributed by atoms with Crippen molar-refractivity contribution < 1.29 is 9.53 Å². The van der Waals surface area contributed by atoms with Gasteiger partial charge in [0.25, 0.3) is 0 Å². The largest absolute Gasteiger partial charge is 0.458 e. The molecule has 0 N–H and O–H groups in total. The Balaban J connectivity index is 1.46. The normalized spacial score (nSPS) is 11.1. The van der Waals surface area contributed by atoms with E-state index in [0.717, 1.165) is 16.4 Å². The molecule has 0 saturated heterocycles. The predicted octanol–water partition coefficient (Wildman–Crippen LogP) is 4.12. The molecule has 0 radical (unpaired) electrons. The molecule has 0 atom stereocenters. The number of pyridine rings is 2. The van der Waals surface area contributed by atoms with Crippen molar-refractivity contribution in [1.82, 2.24) is 9.38 Å². The van der Waals surface area contributed by atoms with Crippen LogP contribution < -0.4 is 0 Å². The maximum Gasteiger partial charge on any atom is 0.331 e. The van der Waals surface area contributed by atoms with Gasteiger partial charge in [0.15, 0.2) is 0 Å². The maximum absolute atomic E-state index is 12.0. The molecule has 0 aliphatic heterocycles. The first-order valence-electron chi connectivity index (χ1n) is 8.44. The lowest BCUT2D eigenvalue weighted by Crippen LogP contribution is -2.01. The van der Waals surface area contributed by atoms with E-state index in [2.05, 4.69) is 11.1 Å². The smallest absolute Gasteiger partial charge is 0.331 e. The Morgan fingerprint density at radius 2 is 2.00 bits per heavy atom. The van der Waals surface area contributed by atoms with Gasteiger partial charge in [0.2, 0.25) is 0 Å². The molecule has 0 spiro atoms. The van der Waals surface area contributed by atoms with Gasteiger partial charge in [-0.15, -0.1) is 0 Å². The number of hydrogen-bond acceptors (Lipinski definition) is 4. The molecule has 0 amide bonds. The minimum atomic E-state index is -0.482. The summed E-state index contributed by atoms with van der Waals surface area (Å²) in [6.45, 7) is 0.0406. The summed E-state index contributed by atoms with van der Waals surface area (Å²) in [6.07, 6.45) is 6.62. The minimum Gasteiger partial charge on any atom is -0.458 e. The number of hydrogen-bond donors (Lipinski definition) is 0. The van der Waals surface area contributed by atoms with E-state index in [1.54, 1.807) is 12.3 Å². The van der Waals surface area contributed by atoms with Gasteiger partial charge in [-0.1, -0.05) is 30.3 Å². The first kappa shape index (κ1) is 16.6.